The number of rotatable bonds is 4. The quantitative estimate of drug-likeness (QED) is 0.485. The Bertz CT molecular complexity index is 1160. The summed E-state index contributed by atoms with van der Waals surface area (Å²) in [6, 6.07) is 3.84. The van der Waals surface area contributed by atoms with Gasteiger partial charge in [-0.3, -0.25) is 18.9 Å². The summed E-state index contributed by atoms with van der Waals surface area (Å²) in [7, 11) is 0. The van der Waals surface area contributed by atoms with E-state index in [9.17, 15) is 9.59 Å². The van der Waals surface area contributed by atoms with Gasteiger partial charge in [-0.25, -0.2) is 4.98 Å². The van der Waals surface area contributed by atoms with Crippen molar-refractivity contribution in [3.63, 3.8) is 0 Å². The van der Waals surface area contributed by atoms with Gasteiger partial charge in [0, 0.05) is 25.3 Å². The average molecular weight is 471 g/mol. The van der Waals surface area contributed by atoms with Crippen LogP contribution in [0.1, 0.15) is 51.7 Å². The molecule has 0 saturated carbocycles. The molecule has 0 aliphatic carbocycles. The van der Waals surface area contributed by atoms with Crippen molar-refractivity contribution < 1.29 is 4.79 Å². The highest BCUT2D eigenvalue weighted by Crippen LogP contribution is 2.36. The summed E-state index contributed by atoms with van der Waals surface area (Å²) in [6.07, 6.45) is 5.43. The first-order chi connectivity index (χ1) is 15.2. The lowest BCUT2D eigenvalue weighted by Gasteiger charge is -2.36. The Morgan fingerprint density at radius 3 is 2.62 bits per heavy atom. The average Bonchev–Trinajstić information content (AvgIpc) is 3.02. The molecule has 3 atom stereocenters. The van der Waals surface area contributed by atoms with Gasteiger partial charge in [0.1, 0.15) is 15.8 Å². The summed E-state index contributed by atoms with van der Waals surface area (Å²) in [5, 5.41) is 0. The van der Waals surface area contributed by atoms with Gasteiger partial charge >= 0.3 is 0 Å². The Kier molecular flexibility index (Phi) is 6.45. The summed E-state index contributed by atoms with van der Waals surface area (Å²) in [6.45, 7) is 12.1. The maximum absolute atomic E-state index is 13.6. The van der Waals surface area contributed by atoms with Crippen LogP contribution in [0.5, 0.6) is 0 Å². The van der Waals surface area contributed by atoms with Crippen LogP contribution in [0.4, 0.5) is 5.82 Å². The van der Waals surface area contributed by atoms with Crippen molar-refractivity contribution >= 4 is 51.7 Å². The van der Waals surface area contributed by atoms with E-state index in [4.69, 9.17) is 17.2 Å². The van der Waals surface area contributed by atoms with Crippen molar-refractivity contribution in [1.29, 1.82) is 0 Å². The molecule has 170 valence electrons. The molecule has 0 bridgehead atoms. The molecule has 4 heterocycles. The smallest absolute Gasteiger partial charge is 0.267 e. The number of anilines is 1. The Morgan fingerprint density at radius 1 is 1.28 bits per heavy atom. The molecule has 2 aromatic rings. The maximum atomic E-state index is 13.6. The number of hydrogen-bond acceptors (Lipinski definition) is 6. The molecule has 2 aliphatic heterocycles. The first-order valence-corrected chi connectivity index (χ1v) is 12.5. The second kappa shape index (κ2) is 8.98. The molecule has 4 rings (SSSR count). The Labute approximate surface area is 198 Å². The third-order valence-corrected chi connectivity index (χ3v) is 7.69. The summed E-state index contributed by atoms with van der Waals surface area (Å²) in [5.74, 6) is 1.55. The molecule has 6 nitrogen and oxygen atoms in total. The Morgan fingerprint density at radius 2 is 1.97 bits per heavy atom. The molecule has 2 aromatic heterocycles. The van der Waals surface area contributed by atoms with E-state index in [-0.39, 0.29) is 17.5 Å². The number of hydrogen-bond donors (Lipinski definition) is 0. The highest BCUT2D eigenvalue weighted by Gasteiger charge is 2.35. The minimum absolute atomic E-state index is 0.0233. The topological polar surface area (TPSA) is 57.9 Å². The molecule has 2 saturated heterocycles. The van der Waals surface area contributed by atoms with Crippen LogP contribution in [0.25, 0.3) is 11.7 Å². The van der Waals surface area contributed by atoms with Gasteiger partial charge in [0.2, 0.25) is 0 Å². The number of amides is 1. The maximum Gasteiger partial charge on any atom is 0.267 e. The zero-order valence-corrected chi connectivity index (χ0v) is 20.9. The van der Waals surface area contributed by atoms with Gasteiger partial charge in [-0.2, -0.15) is 0 Å². The van der Waals surface area contributed by atoms with E-state index in [0.29, 0.717) is 38.1 Å². The van der Waals surface area contributed by atoms with E-state index in [1.165, 1.54) is 11.8 Å². The van der Waals surface area contributed by atoms with Crippen molar-refractivity contribution in [2.45, 2.75) is 53.5 Å². The van der Waals surface area contributed by atoms with Crippen LogP contribution in [0.15, 0.2) is 28.0 Å². The predicted octanol–water partition coefficient (Wildman–Crippen LogP) is 4.48. The van der Waals surface area contributed by atoms with Gasteiger partial charge in [0.25, 0.3) is 11.5 Å². The van der Waals surface area contributed by atoms with Crippen LogP contribution in [0.3, 0.4) is 0 Å². The van der Waals surface area contributed by atoms with Crippen molar-refractivity contribution in [3.8, 4) is 0 Å². The molecule has 0 radical (unpaired) electrons. The second-order valence-electron chi connectivity index (χ2n) is 9.20. The summed E-state index contributed by atoms with van der Waals surface area (Å²) in [4.78, 5) is 36.1. The predicted molar refractivity (Wildman–Crippen MR) is 136 cm³/mol. The molecule has 8 heteroatoms. The number of carbonyl (C=O) groups excluding carboxylic acids is 1. The highest BCUT2D eigenvalue weighted by molar-refractivity contribution is 8.26. The van der Waals surface area contributed by atoms with E-state index >= 15 is 0 Å². The van der Waals surface area contributed by atoms with Gasteiger partial charge < -0.3 is 4.90 Å². The number of aryl methyl sites for hydroxylation is 1. The molecule has 0 N–H and O–H groups in total. The van der Waals surface area contributed by atoms with Gasteiger partial charge in [-0.15, -0.1) is 0 Å². The van der Waals surface area contributed by atoms with Crippen molar-refractivity contribution in [2.75, 3.05) is 18.0 Å². The summed E-state index contributed by atoms with van der Waals surface area (Å²) in [5.41, 5.74) is 1.90. The zero-order chi connectivity index (χ0) is 23.2. The molecule has 2 fully saturated rings. The lowest BCUT2D eigenvalue weighted by molar-refractivity contribution is -0.123. The number of fused-ring (bicyclic) bond motifs is 1. The van der Waals surface area contributed by atoms with Crippen LogP contribution in [-0.2, 0) is 4.79 Å². The minimum Gasteiger partial charge on any atom is -0.355 e. The van der Waals surface area contributed by atoms with Crippen molar-refractivity contribution in [3.05, 3.63) is 44.7 Å². The molecule has 0 aromatic carbocycles. The van der Waals surface area contributed by atoms with Gasteiger partial charge in [-0.05, 0) is 56.2 Å². The first-order valence-electron chi connectivity index (χ1n) is 11.2. The van der Waals surface area contributed by atoms with E-state index in [0.717, 1.165) is 31.5 Å². The molecular formula is C24H30N4O2S2. The second-order valence-corrected chi connectivity index (χ2v) is 10.9. The Balaban J connectivity index is 1.89. The van der Waals surface area contributed by atoms with Crippen LogP contribution in [-0.4, -0.2) is 43.6 Å². The number of piperidine rings is 1. The molecule has 0 unspecified atom stereocenters. The number of nitrogens with zero attached hydrogens (tertiary/aromatic N) is 4. The van der Waals surface area contributed by atoms with Crippen LogP contribution in [0.2, 0.25) is 0 Å². The first kappa shape index (κ1) is 23.0. The largest absolute Gasteiger partial charge is 0.355 e. The number of pyridine rings is 1. The minimum atomic E-state index is -0.159. The molecular weight excluding hydrogens is 440 g/mol. The van der Waals surface area contributed by atoms with Crippen molar-refractivity contribution in [2.24, 2.45) is 11.8 Å². The van der Waals surface area contributed by atoms with E-state index in [2.05, 4.69) is 18.7 Å². The van der Waals surface area contributed by atoms with Gasteiger partial charge in [-0.1, -0.05) is 50.8 Å². The lowest BCUT2D eigenvalue weighted by Crippen LogP contribution is -2.41. The van der Waals surface area contributed by atoms with Crippen LogP contribution >= 0.6 is 24.0 Å². The monoisotopic (exact) mass is 470 g/mol. The van der Waals surface area contributed by atoms with E-state index < -0.39 is 0 Å². The summed E-state index contributed by atoms with van der Waals surface area (Å²) < 4.78 is 2.12. The molecule has 1 amide bonds. The van der Waals surface area contributed by atoms with Crippen LogP contribution in [0, 0.1) is 18.8 Å². The van der Waals surface area contributed by atoms with Crippen molar-refractivity contribution in [1.82, 2.24) is 14.3 Å². The fourth-order valence-corrected chi connectivity index (χ4v) is 6.12. The summed E-state index contributed by atoms with van der Waals surface area (Å²) >= 11 is 6.76. The third-order valence-electron chi connectivity index (χ3n) is 6.36. The van der Waals surface area contributed by atoms with E-state index in [1.54, 1.807) is 21.6 Å². The SMILES string of the molecule is CC[C@@H](C)N1C(=O)/C(=C/c2c(N3C[C@H](C)C[C@@H](C)C3)nc3c(C)cccn3c2=O)SC1=S. The lowest BCUT2D eigenvalue weighted by atomic mass is 9.91. The number of thiocarbonyl (C=S) groups is 1. The fourth-order valence-electron chi connectivity index (χ4n) is 4.68. The fraction of sp³-hybridized carbons (Fsp3) is 0.500. The molecule has 32 heavy (non-hydrogen) atoms. The zero-order valence-electron chi connectivity index (χ0n) is 19.3. The number of carbonyl (C=O) groups is 1. The van der Waals surface area contributed by atoms with Crippen LogP contribution < -0.4 is 10.5 Å². The standard InChI is InChI=1S/C24H30N4O2S2/c1-6-17(5)28-23(30)19(32-24(28)31)11-18-21(26-12-14(2)10-15(3)13-26)25-20-16(4)8-7-9-27(20)22(18)29/h7-9,11,14-15,17H,6,10,12-13H2,1-5H3/b19-11-/t14-,15-,17-/m1/s1. The molecule has 2 aliphatic rings. The van der Waals surface area contributed by atoms with Gasteiger partial charge in [0.05, 0.1) is 10.5 Å². The van der Waals surface area contributed by atoms with Gasteiger partial charge in [0.15, 0.2) is 0 Å². The number of aromatic nitrogens is 2. The Hall–Kier alpha value is -2.19. The highest BCUT2D eigenvalue weighted by atomic mass is 32.2. The molecule has 0 spiro atoms. The third kappa shape index (κ3) is 4.10. The number of thioether (sulfide) groups is 1. The normalized spacial score (nSPS) is 24.1. The van der Waals surface area contributed by atoms with E-state index in [1.807, 2.05) is 32.9 Å².